The van der Waals surface area contributed by atoms with Gasteiger partial charge in [-0.3, -0.25) is 0 Å². The Balaban J connectivity index is -0.000000199. The van der Waals surface area contributed by atoms with Gasteiger partial charge in [0.25, 0.3) is 0 Å². The fourth-order valence-electron chi connectivity index (χ4n) is 2.76. The minimum atomic E-state index is 1.06. The van der Waals surface area contributed by atoms with Gasteiger partial charge in [0.1, 0.15) is 49.6 Å². The number of rotatable bonds is 4. The average molecular weight is 549 g/mol. The Labute approximate surface area is 240 Å². The quantitative estimate of drug-likeness (QED) is 0.284. The third kappa shape index (κ3) is 22.0. The summed E-state index contributed by atoms with van der Waals surface area (Å²) in [6, 6.07) is 0. The van der Waals surface area contributed by atoms with Crippen molar-refractivity contribution in [2.75, 3.05) is 0 Å². The van der Waals surface area contributed by atoms with Crippen LogP contribution < -0.4 is 18.3 Å². The van der Waals surface area contributed by atoms with Gasteiger partial charge in [0.15, 0.2) is 0 Å². The van der Waals surface area contributed by atoms with Gasteiger partial charge in [0, 0.05) is 0 Å². The molecular formula is C28H44N12. The number of nitrogens with zero attached hydrogens (tertiary/aromatic N) is 12. The SMILES string of the molecule is CCn1cc[n+](C)c1.CCn1cc[n+](C)c1.CCn1cc[n+](C)c1.CCn1cc[n+](C)c1.[C-]#N.[C-]#N.[C-]#N.[C-]#N. The second-order valence-corrected chi connectivity index (χ2v) is 7.64. The average Bonchev–Trinajstić information content (AvgIpc) is 3.83. The van der Waals surface area contributed by atoms with Crippen LogP contribution in [0.25, 0.3) is 0 Å². The van der Waals surface area contributed by atoms with Gasteiger partial charge in [0.2, 0.25) is 25.3 Å². The maximum atomic E-state index is 6.25. The lowest BCUT2D eigenvalue weighted by Gasteiger charge is -1.81. The molecule has 0 N–H and O–H groups in total. The molecule has 4 rings (SSSR count). The van der Waals surface area contributed by atoms with E-state index in [1.54, 1.807) is 0 Å². The van der Waals surface area contributed by atoms with E-state index in [2.05, 4.69) is 96.1 Å². The van der Waals surface area contributed by atoms with Gasteiger partial charge in [-0.05, 0) is 27.7 Å². The van der Waals surface area contributed by atoms with Crippen LogP contribution in [0.4, 0.5) is 0 Å². The van der Waals surface area contributed by atoms with Crippen LogP contribution in [0, 0.1) is 47.3 Å². The molecule has 0 fully saturated rings. The van der Waals surface area contributed by atoms with Crippen molar-refractivity contribution in [3.05, 3.63) is 101 Å². The standard InChI is InChI=1S/4C6H11N2.4CN/c4*1-3-8-5-4-7(2)6-8;4*1-2/h4*4-6H,3H2,1-2H3;;;;/q4*+1;4*-1. The highest BCUT2D eigenvalue weighted by atomic mass is 15.1. The van der Waals surface area contributed by atoms with E-state index in [1.165, 1.54) is 0 Å². The van der Waals surface area contributed by atoms with Crippen LogP contribution in [0.5, 0.6) is 0 Å². The zero-order valence-corrected chi connectivity index (χ0v) is 25.1. The summed E-state index contributed by atoms with van der Waals surface area (Å²) >= 11 is 0. The van der Waals surface area contributed by atoms with E-state index in [4.69, 9.17) is 47.3 Å². The zero-order chi connectivity index (χ0) is 31.9. The fraction of sp³-hybridized carbons (Fsp3) is 0.429. The lowest BCUT2D eigenvalue weighted by molar-refractivity contribution is -0.671. The van der Waals surface area contributed by atoms with E-state index in [0.29, 0.717) is 0 Å². The van der Waals surface area contributed by atoms with Crippen molar-refractivity contribution < 1.29 is 18.3 Å². The molecule has 0 atom stereocenters. The molecular weight excluding hydrogens is 504 g/mol. The first-order chi connectivity index (χ1) is 19.3. The molecule has 0 saturated heterocycles. The van der Waals surface area contributed by atoms with Crippen LogP contribution in [-0.4, -0.2) is 18.3 Å². The Morgan fingerprint density at radius 3 is 0.600 bits per heavy atom. The highest BCUT2D eigenvalue weighted by molar-refractivity contribution is 4.65. The van der Waals surface area contributed by atoms with Crippen molar-refractivity contribution in [2.24, 2.45) is 28.2 Å². The highest BCUT2D eigenvalue weighted by Crippen LogP contribution is 1.81. The molecule has 0 spiro atoms. The Bertz CT molecular complexity index is 983. The Kier molecular flexibility index (Phi) is 31.5. The second kappa shape index (κ2) is 30.0. The zero-order valence-electron chi connectivity index (χ0n) is 25.1. The summed E-state index contributed by atoms with van der Waals surface area (Å²) in [7, 11) is 8.08. The van der Waals surface area contributed by atoms with E-state index < -0.39 is 0 Å². The van der Waals surface area contributed by atoms with Crippen molar-refractivity contribution >= 4 is 0 Å². The first-order valence-electron chi connectivity index (χ1n) is 12.2. The molecule has 0 radical (unpaired) electrons. The third-order valence-electron chi connectivity index (χ3n) is 4.76. The first kappa shape index (κ1) is 41.9. The maximum absolute atomic E-state index is 6.25. The van der Waals surface area contributed by atoms with E-state index in [-0.39, 0.29) is 0 Å². The summed E-state index contributed by atoms with van der Waals surface area (Å²) in [4.78, 5) is 0. The molecule has 4 aromatic rings. The molecule has 0 aliphatic rings. The third-order valence-corrected chi connectivity index (χ3v) is 4.76. The van der Waals surface area contributed by atoms with Crippen LogP contribution in [0.3, 0.4) is 0 Å². The Morgan fingerprint density at radius 2 is 0.550 bits per heavy atom. The summed E-state index contributed by atoms with van der Waals surface area (Å²) in [5, 5.41) is 25.0. The Morgan fingerprint density at radius 1 is 0.400 bits per heavy atom. The summed E-state index contributed by atoms with van der Waals surface area (Å²) in [6.45, 7) is 31.7. The normalized spacial score (nSPS) is 8.00. The van der Waals surface area contributed by atoms with Crippen LogP contribution in [0.1, 0.15) is 27.7 Å². The maximum Gasteiger partial charge on any atom is 0.243 e. The van der Waals surface area contributed by atoms with Crippen LogP contribution in [-0.2, 0) is 54.4 Å². The highest BCUT2D eigenvalue weighted by Gasteiger charge is 1.94. The van der Waals surface area contributed by atoms with Gasteiger partial charge < -0.3 is 47.3 Å². The van der Waals surface area contributed by atoms with E-state index in [9.17, 15) is 0 Å². The molecule has 0 aliphatic heterocycles. The molecule has 12 heteroatoms. The summed E-state index contributed by atoms with van der Waals surface area (Å²) in [5.41, 5.74) is 0. The van der Waals surface area contributed by atoms with Crippen LogP contribution >= 0.6 is 0 Å². The van der Waals surface area contributed by atoms with E-state index in [1.807, 2.05) is 71.2 Å². The number of aromatic nitrogens is 8. The molecule has 0 aliphatic carbocycles. The fourth-order valence-corrected chi connectivity index (χ4v) is 2.76. The van der Waals surface area contributed by atoms with Crippen LogP contribution in [0.2, 0.25) is 0 Å². The molecule has 4 heterocycles. The molecule has 0 aromatic carbocycles. The van der Waals surface area contributed by atoms with E-state index in [0.717, 1.165) is 26.2 Å². The summed E-state index contributed by atoms with van der Waals surface area (Å²) in [6.07, 6.45) is 24.6. The first-order valence-corrected chi connectivity index (χ1v) is 12.2. The lowest BCUT2D eigenvalue weighted by Crippen LogP contribution is -2.23. The molecule has 0 saturated carbocycles. The topological polar surface area (TPSA) is 130 Å². The van der Waals surface area contributed by atoms with Crippen molar-refractivity contribution in [1.29, 1.82) is 21.0 Å². The number of hydrogen-bond donors (Lipinski definition) is 0. The predicted octanol–water partition coefficient (Wildman–Crippen LogP) is 1.72. The van der Waals surface area contributed by atoms with Gasteiger partial charge in [0.05, 0.1) is 54.4 Å². The van der Waals surface area contributed by atoms with E-state index >= 15 is 0 Å². The number of imidazole rings is 4. The predicted molar refractivity (Wildman–Crippen MR) is 145 cm³/mol. The second-order valence-electron chi connectivity index (χ2n) is 7.64. The van der Waals surface area contributed by atoms with Gasteiger partial charge in [-0.1, -0.05) is 0 Å². The molecule has 0 amide bonds. The smallest absolute Gasteiger partial charge is 0.243 e. The van der Waals surface area contributed by atoms with Crippen molar-refractivity contribution in [3.63, 3.8) is 0 Å². The monoisotopic (exact) mass is 548 g/mol. The molecule has 216 valence electrons. The van der Waals surface area contributed by atoms with Crippen molar-refractivity contribution in [1.82, 2.24) is 18.3 Å². The summed E-state index contributed by atoms with van der Waals surface area (Å²) in [5.74, 6) is 0. The van der Waals surface area contributed by atoms with Gasteiger partial charge in [-0.15, -0.1) is 0 Å². The van der Waals surface area contributed by atoms with Gasteiger partial charge in [-0.2, -0.15) is 0 Å². The molecule has 4 aromatic heterocycles. The molecule has 0 unspecified atom stereocenters. The van der Waals surface area contributed by atoms with Gasteiger partial charge in [-0.25, -0.2) is 36.5 Å². The molecule has 12 nitrogen and oxygen atoms in total. The number of hydrogen-bond acceptors (Lipinski definition) is 4. The molecule has 0 bridgehead atoms. The lowest BCUT2D eigenvalue weighted by atomic mass is 10.7. The van der Waals surface area contributed by atoms with Crippen molar-refractivity contribution in [3.8, 4) is 0 Å². The van der Waals surface area contributed by atoms with Gasteiger partial charge >= 0.3 is 0 Å². The van der Waals surface area contributed by atoms with Crippen LogP contribution in [0.15, 0.2) is 74.9 Å². The Hall–Kier alpha value is -5.20. The summed E-state index contributed by atoms with van der Waals surface area (Å²) < 4.78 is 16.6. The minimum Gasteiger partial charge on any atom is -0.512 e. The molecule has 40 heavy (non-hydrogen) atoms. The minimum absolute atomic E-state index is 1.06. The largest absolute Gasteiger partial charge is 0.512 e. The van der Waals surface area contributed by atoms with Crippen molar-refractivity contribution in [2.45, 2.75) is 53.9 Å². The number of aryl methyl sites for hydroxylation is 8.